The lowest BCUT2D eigenvalue weighted by atomic mass is 9.86. The van der Waals surface area contributed by atoms with Gasteiger partial charge in [-0.1, -0.05) is 6.08 Å². The molecule has 0 saturated heterocycles. The van der Waals surface area contributed by atoms with Crippen LogP contribution in [0.15, 0.2) is 23.5 Å². The number of terminal acetylenes is 1. The van der Waals surface area contributed by atoms with Crippen molar-refractivity contribution < 1.29 is 14.3 Å². The minimum Gasteiger partial charge on any atom is -0.489 e. The van der Waals surface area contributed by atoms with E-state index in [4.69, 9.17) is 15.9 Å². The van der Waals surface area contributed by atoms with Gasteiger partial charge in [0.25, 0.3) is 0 Å². The van der Waals surface area contributed by atoms with Gasteiger partial charge in [-0.25, -0.2) is 4.79 Å². The first-order valence-corrected chi connectivity index (χ1v) is 5.86. The Hall–Kier alpha value is -1.69. The lowest BCUT2D eigenvalue weighted by Gasteiger charge is -2.20. The minimum absolute atomic E-state index is 0.00868. The Labute approximate surface area is 101 Å². The summed E-state index contributed by atoms with van der Waals surface area (Å²) in [6.07, 6.45) is 12.5. The fourth-order valence-corrected chi connectivity index (χ4v) is 2.42. The van der Waals surface area contributed by atoms with Crippen molar-refractivity contribution in [2.45, 2.75) is 31.8 Å². The largest absolute Gasteiger partial charge is 0.489 e. The molecule has 0 spiro atoms. The average Bonchev–Trinajstić information content (AvgIpc) is 2.73. The van der Waals surface area contributed by atoms with Crippen LogP contribution in [0.1, 0.15) is 25.7 Å². The number of rotatable bonds is 3. The Morgan fingerprint density at radius 3 is 3.24 bits per heavy atom. The van der Waals surface area contributed by atoms with E-state index in [1.807, 2.05) is 6.08 Å². The van der Waals surface area contributed by atoms with Gasteiger partial charge in [0.05, 0.1) is 12.7 Å². The number of ether oxygens (including phenoxy) is 2. The number of methoxy groups -OCH3 is 1. The van der Waals surface area contributed by atoms with Crippen molar-refractivity contribution in [1.29, 1.82) is 0 Å². The quantitative estimate of drug-likeness (QED) is 0.425. The Kier molecular flexibility index (Phi) is 3.53. The van der Waals surface area contributed by atoms with E-state index in [0.29, 0.717) is 18.4 Å². The highest BCUT2D eigenvalue weighted by molar-refractivity contribution is 5.90. The summed E-state index contributed by atoms with van der Waals surface area (Å²) in [5.41, 5.74) is 0.692. The number of allylic oxidation sites excluding steroid dienone is 2. The summed E-state index contributed by atoms with van der Waals surface area (Å²) in [4.78, 5) is 11.8. The normalized spacial score (nSPS) is 26.1. The zero-order valence-corrected chi connectivity index (χ0v) is 9.94. The van der Waals surface area contributed by atoms with Crippen LogP contribution in [0.25, 0.3) is 0 Å². The summed E-state index contributed by atoms with van der Waals surface area (Å²) in [7, 11) is 1.40. The Bertz CT molecular complexity index is 412. The molecule has 0 radical (unpaired) electrons. The number of carbonyl (C=O) groups is 1. The first-order chi connectivity index (χ1) is 8.27. The fourth-order valence-electron chi connectivity index (χ4n) is 2.42. The van der Waals surface area contributed by atoms with Crippen LogP contribution >= 0.6 is 0 Å². The molecule has 0 aromatic heterocycles. The van der Waals surface area contributed by atoms with Crippen molar-refractivity contribution in [3.8, 4) is 12.3 Å². The second-order valence-corrected chi connectivity index (χ2v) is 4.23. The number of carbonyl (C=O) groups excluding carboxylic acids is 1. The van der Waals surface area contributed by atoms with Crippen LogP contribution in [0.5, 0.6) is 0 Å². The van der Waals surface area contributed by atoms with Crippen molar-refractivity contribution in [3.63, 3.8) is 0 Å². The summed E-state index contributed by atoms with van der Waals surface area (Å²) in [6, 6.07) is 0. The predicted octanol–water partition coefficient (Wildman–Crippen LogP) is 2.19. The zero-order valence-electron chi connectivity index (χ0n) is 9.94. The zero-order chi connectivity index (χ0) is 12.3. The monoisotopic (exact) mass is 232 g/mol. The molecule has 0 aromatic rings. The Morgan fingerprint density at radius 2 is 2.53 bits per heavy atom. The minimum atomic E-state index is -0.278. The molecule has 1 aliphatic heterocycles. The van der Waals surface area contributed by atoms with Crippen LogP contribution in [0.4, 0.5) is 0 Å². The second kappa shape index (κ2) is 5.09. The van der Waals surface area contributed by atoms with E-state index in [0.717, 1.165) is 18.6 Å². The highest BCUT2D eigenvalue weighted by Gasteiger charge is 2.39. The molecule has 2 atom stereocenters. The third kappa shape index (κ3) is 2.21. The summed E-state index contributed by atoms with van der Waals surface area (Å²) in [6.45, 7) is 0. The maximum atomic E-state index is 11.8. The smallest absolute Gasteiger partial charge is 0.337 e. The Balaban J connectivity index is 2.25. The molecular formula is C14H16O3. The molecule has 1 aliphatic carbocycles. The summed E-state index contributed by atoms with van der Waals surface area (Å²) in [5.74, 6) is 3.15. The van der Waals surface area contributed by atoms with Gasteiger partial charge in [-0.2, -0.15) is 0 Å². The summed E-state index contributed by atoms with van der Waals surface area (Å²) in [5, 5.41) is 0. The molecule has 2 rings (SSSR count). The van der Waals surface area contributed by atoms with Gasteiger partial charge in [0, 0.05) is 18.8 Å². The lowest BCUT2D eigenvalue weighted by Crippen LogP contribution is -2.22. The number of esters is 1. The molecule has 17 heavy (non-hydrogen) atoms. The Morgan fingerprint density at radius 1 is 1.71 bits per heavy atom. The topological polar surface area (TPSA) is 35.5 Å². The van der Waals surface area contributed by atoms with Crippen molar-refractivity contribution in [3.05, 3.63) is 23.5 Å². The second-order valence-electron chi connectivity index (χ2n) is 4.23. The number of fused-ring (bicyclic) bond motifs is 1. The third-order valence-electron chi connectivity index (χ3n) is 3.22. The molecule has 0 bridgehead atoms. The molecule has 3 heteroatoms. The molecule has 1 heterocycles. The predicted molar refractivity (Wildman–Crippen MR) is 63.8 cm³/mol. The van der Waals surface area contributed by atoms with Gasteiger partial charge >= 0.3 is 5.97 Å². The van der Waals surface area contributed by atoms with Crippen LogP contribution in [0, 0.1) is 18.3 Å². The van der Waals surface area contributed by atoms with E-state index >= 15 is 0 Å². The third-order valence-corrected chi connectivity index (χ3v) is 3.22. The molecule has 0 amide bonds. The van der Waals surface area contributed by atoms with Crippen LogP contribution in [0.2, 0.25) is 0 Å². The highest BCUT2D eigenvalue weighted by atomic mass is 16.5. The molecule has 3 nitrogen and oxygen atoms in total. The molecule has 90 valence electrons. The van der Waals surface area contributed by atoms with Gasteiger partial charge in [-0.05, 0) is 18.9 Å². The fraction of sp³-hybridized carbons (Fsp3) is 0.500. The van der Waals surface area contributed by atoms with E-state index in [-0.39, 0.29) is 18.0 Å². The van der Waals surface area contributed by atoms with Gasteiger partial charge in [-0.3, -0.25) is 0 Å². The SMILES string of the molecule is C#CCCC1=C(C(=O)OC)[C@H]2CCC=C[C@H]2O1. The van der Waals surface area contributed by atoms with Crippen molar-refractivity contribution >= 4 is 5.97 Å². The average molecular weight is 232 g/mol. The van der Waals surface area contributed by atoms with Crippen molar-refractivity contribution in [2.75, 3.05) is 7.11 Å². The molecular weight excluding hydrogens is 216 g/mol. The first-order valence-electron chi connectivity index (χ1n) is 5.86. The molecule has 0 unspecified atom stereocenters. The molecule has 0 saturated carbocycles. The van der Waals surface area contributed by atoms with Crippen LogP contribution in [-0.2, 0) is 14.3 Å². The standard InChI is InChI=1S/C14H16O3/c1-3-4-8-12-13(14(15)16-2)10-7-5-6-9-11(10)17-12/h1,6,9-11H,4-5,7-8H2,2H3/t10-,11+/m0/s1. The van der Waals surface area contributed by atoms with Gasteiger partial charge < -0.3 is 9.47 Å². The maximum absolute atomic E-state index is 11.8. The molecule has 2 aliphatic rings. The summed E-state index contributed by atoms with van der Waals surface area (Å²) >= 11 is 0. The maximum Gasteiger partial charge on any atom is 0.337 e. The molecule has 0 N–H and O–H groups in total. The summed E-state index contributed by atoms with van der Waals surface area (Å²) < 4.78 is 10.6. The number of hydrogen-bond acceptors (Lipinski definition) is 3. The highest BCUT2D eigenvalue weighted by Crippen LogP contribution is 2.39. The van der Waals surface area contributed by atoms with E-state index < -0.39 is 0 Å². The van der Waals surface area contributed by atoms with Gasteiger partial charge in [-0.15, -0.1) is 12.3 Å². The van der Waals surface area contributed by atoms with E-state index in [1.54, 1.807) is 0 Å². The van der Waals surface area contributed by atoms with E-state index in [1.165, 1.54) is 7.11 Å². The van der Waals surface area contributed by atoms with Crippen LogP contribution < -0.4 is 0 Å². The van der Waals surface area contributed by atoms with Gasteiger partial charge in [0.2, 0.25) is 0 Å². The van der Waals surface area contributed by atoms with Gasteiger partial charge in [0.15, 0.2) is 0 Å². The molecule has 0 aromatic carbocycles. The van der Waals surface area contributed by atoms with Crippen LogP contribution in [-0.4, -0.2) is 19.2 Å². The van der Waals surface area contributed by atoms with E-state index in [2.05, 4.69) is 12.0 Å². The first kappa shape index (κ1) is 11.8. The van der Waals surface area contributed by atoms with E-state index in [9.17, 15) is 4.79 Å². The number of hydrogen-bond donors (Lipinski definition) is 0. The van der Waals surface area contributed by atoms with Crippen molar-refractivity contribution in [1.82, 2.24) is 0 Å². The lowest BCUT2D eigenvalue weighted by molar-refractivity contribution is -0.136. The van der Waals surface area contributed by atoms with Gasteiger partial charge in [0.1, 0.15) is 11.9 Å². The van der Waals surface area contributed by atoms with Crippen LogP contribution in [0.3, 0.4) is 0 Å². The van der Waals surface area contributed by atoms with Crippen molar-refractivity contribution in [2.24, 2.45) is 5.92 Å². The molecule has 0 fully saturated rings.